The number of hydrogen-bond acceptors (Lipinski definition) is 6. The summed E-state index contributed by atoms with van der Waals surface area (Å²) in [4.78, 5) is 0. The van der Waals surface area contributed by atoms with Crippen molar-refractivity contribution in [3.63, 3.8) is 0 Å². The minimum Gasteiger partial charge on any atom is -0.206 e. The van der Waals surface area contributed by atoms with Gasteiger partial charge in [-0.1, -0.05) is 182 Å². The van der Waals surface area contributed by atoms with Crippen LogP contribution < -0.4 is 0 Å². The SMILES string of the molecule is CCCCCCCCC1(CCCCCCCC)c2cc(I)c3nsnc3c2-c2c(F)c3c(c(F)c21)-c1c(cc(I)c2nsnc12)C3(CCCCCCCC)CCCCCCCC. The Morgan fingerprint density at radius 3 is 0.984 bits per heavy atom. The first-order valence-electron chi connectivity index (χ1n) is 24.8. The quantitative estimate of drug-likeness (QED) is 0.0370. The molecule has 0 unspecified atom stereocenters. The average molecular weight is 1110 g/mol. The molecule has 4 nitrogen and oxygen atoms in total. The third-order valence-electron chi connectivity index (χ3n) is 14.7. The van der Waals surface area contributed by atoms with Gasteiger partial charge < -0.3 is 0 Å². The average Bonchev–Trinajstić information content (AvgIpc) is 4.07. The molecule has 0 saturated heterocycles. The minimum atomic E-state index is -0.662. The van der Waals surface area contributed by atoms with Crippen LogP contribution >= 0.6 is 68.6 Å². The molecule has 0 radical (unpaired) electrons. The molecule has 2 aromatic heterocycles. The van der Waals surface area contributed by atoms with Gasteiger partial charge in [-0.05, 0) is 94.1 Å². The summed E-state index contributed by atoms with van der Waals surface area (Å²) >= 11 is 7.21. The fourth-order valence-corrected chi connectivity index (χ4v) is 14.3. The molecule has 0 atom stereocenters. The van der Waals surface area contributed by atoms with E-state index in [0.29, 0.717) is 22.3 Å². The predicted molar refractivity (Wildman–Crippen MR) is 278 cm³/mol. The third-order valence-corrected chi connectivity index (χ3v) is 17.4. The van der Waals surface area contributed by atoms with Gasteiger partial charge in [0.05, 0.1) is 23.5 Å². The molecule has 2 aliphatic carbocycles. The van der Waals surface area contributed by atoms with Gasteiger partial charge in [-0.25, -0.2) is 8.78 Å². The van der Waals surface area contributed by atoms with E-state index in [9.17, 15) is 0 Å². The Labute approximate surface area is 407 Å². The van der Waals surface area contributed by atoms with Crippen molar-refractivity contribution in [2.24, 2.45) is 0 Å². The maximum absolute atomic E-state index is 19.3. The van der Waals surface area contributed by atoms with E-state index >= 15 is 8.78 Å². The molecule has 62 heavy (non-hydrogen) atoms. The lowest BCUT2D eigenvalue weighted by Gasteiger charge is -2.35. The van der Waals surface area contributed by atoms with Crippen molar-refractivity contribution in [2.45, 2.75) is 218 Å². The van der Waals surface area contributed by atoms with Crippen LogP contribution in [0.1, 0.15) is 230 Å². The molecule has 0 fully saturated rings. The summed E-state index contributed by atoms with van der Waals surface area (Å²) in [6, 6.07) is 4.52. The van der Waals surface area contributed by atoms with E-state index in [4.69, 9.17) is 17.5 Å². The Kier molecular flexibility index (Phi) is 17.9. The molecule has 7 rings (SSSR count). The van der Waals surface area contributed by atoms with Crippen molar-refractivity contribution in [3.05, 3.63) is 53.2 Å². The van der Waals surface area contributed by atoms with Crippen LogP contribution in [0.4, 0.5) is 8.78 Å². The summed E-state index contributed by atoms with van der Waals surface area (Å²) in [6.45, 7) is 9.05. The smallest absolute Gasteiger partial charge is 0.136 e. The van der Waals surface area contributed by atoms with Crippen molar-refractivity contribution < 1.29 is 8.78 Å². The van der Waals surface area contributed by atoms with Gasteiger partial charge >= 0.3 is 0 Å². The molecule has 0 aliphatic heterocycles. The van der Waals surface area contributed by atoms with Gasteiger partial charge in [-0.2, -0.15) is 17.5 Å². The highest BCUT2D eigenvalue weighted by Crippen LogP contribution is 2.65. The van der Waals surface area contributed by atoms with Crippen molar-refractivity contribution in [2.75, 3.05) is 0 Å². The molecule has 0 spiro atoms. The predicted octanol–water partition coefficient (Wildman–Crippen LogP) is 18.7. The van der Waals surface area contributed by atoms with Gasteiger partial charge in [0.15, 0.2) is 0 Å². The van der Waals surface area contributed by atoms with Gasteiger partial charge in [0.2, 0.25) is 0 Å². The van der Waals surface area contributed by atoms with Crippen molar-refractivity contribution in [1.29, 1.82) is 0 Å². The van der Waals surface area contributed by atoms with Crippen LogP contribution in [0.3, 0.4) is 0 Å². The Hall–Kier alpha value is -1.38. The summed E-state index contributed by atoms with van der Waals surface area (Å²) in [6.07, 6.45) is 30.9. The lowest BCUT2D eigenvalue weighted by atomic mass is 9.68. The number of aromatic nitrogens is 4. The Morgan fingerprint density at radius 1 is 0.403 bits per heavy atom. The summed E-state index contributed by atoms with van der Waals surface area (Å²) in [5, 5.41) is 0. The molecular weight excluding hydrogens is 1040 g/mol. The third kappa shape index (κ3) is 9.57. The van der Waals surface area contributed by atoms with Gasteiger partial charge in [-0.15, -0.1) is 0 Å². The number of fused-ring (bicyclic) bond motifs is 10. The van der Waals surface area contributed by atoms with Crippen molar-refractivity contribution in [3.8, 4) is 22.3 Å². The molecule has 338 valence electrons. The van der Waals surface area contributed by atoms with E-state index < -0.39 is 10.8 Å². The van der Waals surface area contributed by atoms with Crippen LogP contribution in [0, 0.1) is 18.8 Å². The van der Waals surface area contributed by atoms with Crippen molar-refractivity contribution in [1.82, 2.24) is 17.5 Å². The molecular formula is C52H70F2I2N4S2. The monoisotopic (exact) mass is 1110 g/mol. The van der Waals surface area contributed by atoms with Crippen LogP contribution in [0.15, 0.2) is 12.1 Å². The zero-order valence-corrected chi connectivity index (χ0v) is 44.0. The van der Waals surface area contributed by atoms with Crippen LogP contribution in [0.25, 0.3) is 44.3 Å². The molecule has 0 amide bonds. The van der Waals surface area contributed by atoms with Crippen LogP contribution in [0.2, 0.25) is 0 Å². The molecule has 0 N–H and O–H groups in total. The van der Waals surface area contributed by atoms with E-state index in [-0.39, 0.29) is 11.6 Å². The topological polar surface area (TPSA) is 51.6 Å². The highest BCUT2D eigenvalue weighted by molar-refractivity contribution is 14.1. The second kappa shape index (κ2) is 22.9. The summed E-state index contributed by atoms with van der Waals surface area (Å²) in [5.74, 6) is -0.416. The normalized spacial score (nSPS) is 14.6. The molecule has 0 saturated carbocycles. The first-order chi connectivity index (χ1) is 30.3. The highest BCUT2D eigenvalue weighted by Gasteiger charge is 2.54. The van der Waals surface area contributed by atoms with Gasteiger partial charge in [0.1, 0.15) is 33.7 Å². The Balaban J connectivity index is 1.47. The number of rotatable bonds is 28. The molecule has 10 heteroatoms. The summed E-state index contributed by atoms with van der Waals surface area (Å²) in [5.41, 5.74) is 7.78. The number of unbranched alkanes of at least 4 members (excludes halogenated alkanes) is 20. The summed E-state index contributed by atoms with van der Waals surface area (Å²) < 4.78 is 60.0. The lowest BCUT2D eigenvalue weighted by molar-refractivity contribution is 0.375. The standard InChI is InChI=1S/C52H70F2I2N4S2/c1-5-9-13-17-21-25-29-51(30-26-22-18-14-10-6-2)35-33-37(55)47-49(59-61-57-47)39(35)41-43(51)45(53)42-40-36(34-38(56)48-50(40)60-62-58-48)52(44(42)46(41)54,31-27-23-19-15-11-7-3)32-28-24-20-16-12-8-4/h33-34H,5-32H2,1-4H3. The Bertz CT molecular complexity index is 2080. The first kappa shape index (κ1) is 48.6. The second-order valence-electron chi connectivity index (χ2n) is 18.8. The molecule has 3 aromatic carbocycles. The van der Waals surface area contributed by atoms with Crippen molar-refractivity contribution >= 4 is 90.7 Å². The number of benzene rings is 3. The lowest BCUT2D eigenvalue weighted by Crippen LogP contribution is -2.29. The first-order valence-corrected chi connectivity index (χ1v) is 28.4. The largest absolute Gasteiger partial charge is 0.206 e. The van der Waals surface area contributed by atoms with Gasteiger partial charge in [-0.3, -0.25) is 0 Å². The highest BCUT2D eigenvalue weighted by atomic mass is 127. The number of halogens is 4. The summed E-state index contributed by atoms with van der Waals surface area (Å²) in [7, 11) is 0. The fourth-order valence-electron chi connectivity index (χ4n) is 11.5. The Morgan fingerprint density at radius 2 is 0.677 bits per heavy atom. The van der Waals surface area contributed by atoms with Crippen LogP contribution in [0.5, 0.6) is 0 Å². The maximum Gasteiger partial charge on any atom is 0.136 e. The van der Waals surface area contributed by atoms with E-state index in [1.54, 1.807) is 0 Å². The van der Waals surface area contributed by atoms with Crippen LogP contribution in [-0.2, 0) is 10.8 Å². The molecule has 0 bridgehead atoms. The minimum absolute atomic E-state index is 0.208. The number of hydrogen-bond donors (Lipinski definition) is 0. The fraction of sp³-hybridized carbons (Fsp3) is 0.654. The second-order valence-corrected chi connectivity index (χ2v) is 22.2. The van der Waals surface area contributed by atoms with Gasteiger partial charge in [0.25, 0.3) is 0 Å². The van der Waals surface area contributed by atoms with Crippen LogP contribution in [-0.4, -0.2) is 17.5 Å². The molecule has 2 heterocycles. The molecule has 2 aliphatic rings. The molecule has 5 aromatic rings. The van der Waals surface area contributed by atoms with E-state index in [1.165, 1.54) is 126 Å². The van der Waals surface area contributed by atoms with E-state index in [0.717, 1.165) is 129 Å². The zero-order chi connectivity index (χ0) is 43.7. The maximum atomic E-state index is 19.3. The zero-order valence-electron chi connectivity index (χ0n) is 38.1. The van der Waals surface area contributed by atoms with E-state index in [1.807, 2.05) is 0 Å². The van der Waals surface area contributed by atoms with E-state index in [2.05, 4.69) is 85.0 Å². The number of nitrogens with zero attached hydrogens (tertiary/aromatic N) is 4. The van der Waals surface area contributed by atoms with Gasteiger partial charge in [0, 0.05) is 51.4 Å².